The van der Waals surface area contributed by atoms with Crippen molar-refractivity contribution in [2.75, 3.05) is 28.6 Å². The second-order valence-electron chi connectivity index (χ2n) is 13.7. The first kappa shape index (κ1) is 32.7. The van der Waals surface area contributed by atoms with Gasteiger partial charge in [-0.25, -0.2) is 4.39 Å². The molecule has 3 aromatic carbocycles. The number of fused-ring (bicyclic) bond motifs is 1. The number of esters is 1. The van der Waals surface area contributed by atoms with E-state index in [1.807, 2.05) is 30.3 Å². The Morgan fingerprint density at radius 1 is 0.958 bits per heavy atom. The summed E-state index contributed by atoms with van der Waals surface area (Å²) in [4.78, 5) is 42.3. The molecule has 0 bridgehead atoms. The van der Waals surface area contributed by atoms with Crippen LogP contribution in [0.2, 0.25) is 0 Å². The summed E-state index contributed by atoms with van der Waals surface area (Å²) < 4.78 is 21.4. The highest BCUT2D eigenvalue weighted by atomic mass is 19.1. The summed E-state index contributed by atoms with van der Waals surface area (Å²) in [5.74, 6) is -2.01. The molecule has 2 heterocycles. The van der Waals surface area contributed by atoms with Crippen LogP contribution in [0.3, 0.4) is 0 Å². The van der Waals surface area contributed by atoms with Crippen molar-refractivity contribution in [2.24, 2.45) is 5.41 Å². The van der Waals surface area contributed by atoms with E-state index in [1.54, 1.807) is 37.6 Å². The van der Waals surface area contributed by atoms with Gasteiger partial charge in [-0.15, -0.1) is 0 Å². The second kappa shape index (κ2) is 13.1. The average molecular weight is 651 g/mol. The van der Waals surface area contributed by atoms with Crippen molar-refractivity contribution in [1.82, 2.24) is 9.78 Å². The lowest BCUT2D eigenvalue weighted by molar-refractivity contribution is -0.153. The molecule has 0 unspecified atom stereocenters. The van der Waals surface area contributed by atoms with Gasteiger partial charge < -0.3 is 20.3 Å². The number of ether oxygens (including phenoxy) is 1. The minimum absolute atomic E-state index is 0.226. The van der Waals surface area contributed by atoms with E-state index in [1.165, 1.54) is 18.2 Å². The third kappa shape index (κ3) is 7.33. The average Bonchev–Trinajstić information content (AvgIpc) is 3.74. The molecule has 0 radical (unpaired) electrons. The summed E-state index contributed by atoms with van der Waals surface area (Å²) in [6.07, 6.45) is 4.51. The third-order valence-electron chi connectivity index (χ3n) is 8.69. The number of nitrogens with zero attached hydrogens (tertiary/aromatic N) is 4. The van der Waals surface area contributed by atoms with Crippen LogP contribution in [0.5, 0.6) is 0 Å². The summed E-state index contributed by atoms with van der Waals surface area (Å²) >= 11 is 0. The Balaban J connectivity index is 1.29. The van der Waals surface area contributed by atoms with Crippen LogP contribution in [0.1, 0.15) is 79.3 Å². The largest absolute Gasteiger partial charge is 0.460 e. The highest BCUT2D eigenvalue weighted by Crippen LogP contribution is 2.46. The van der Waals surface area contributed by atoms with E-state index < -0.39 is 34.6 Å². The van der Waals surface area contributed by atoms with Gasteiger partial charge in [-0.1, -0.05) is 18.2 Å². The molecule has 0 atom stereocenters. The van der Waals surface area contributed by atoms with E-state index in [4.69, 9.17) is 4.74 Å². The summed E-state index contributed by atoms with van der Waals surface area (Å²) in [6, 6.07) is 18.8. The van der Waals surface area contributed by atoms with Crippen molar-refractivity contribution in [1.29, 1.82) is 5.26 Å². The van der Waals surface area contributed by atoms with Crippen molar-refractivity contribution in [3.05, 3.63) is 83.3 Å². The lowest BCUT2D eigenvalue weighted by Gasteiger charge is -2.30. The molecule has 2 aliphatic rings. The van der Waals surface area contributed by atoms with Crippen molar-refractivity contribution < 1.29 is 23.5 Å². The number of halogens is 1. The number of aromatic nitrogens is 2. The van der Waals surface area contributed by atoms with Crippen molar-refractivity contribution >= 4 is 45.7 Å². The van der Waals surface area contributed by atoms with E-state index in [0.717, 1.165) is 56.4 Å². The summed E-state index contributed by atoms with van der Waals surface area (Å²) in [5.41, 5.74) is 1.90. The fourth-order valence-corrected chi connectivity index (χ4v) is 6.09. The molecule has 10 nitrogen and oxygen atoms in total. The number of anilines is 3. The zero-order valence-corrected chi connectivity index (χ0v) is 27.4. The standard InChI is InChI=1S/C37H39FN6O4/c1-36(2,3)48-32(45)21-25-19-26(38)12-13-28(25)40-34(46)24-11-14-31(43-17-7-4-8-18-43)29(20-24)41-35(47)33-27-9-5-6-10-30(27)44(42-33)23-37(22-39)15-16-37/h5-6,9-14,19-20H,4,7-8,15-18,21,23H2,1-3H3,(H,40,46)(H,41,47). The molecule has 6 rings (SSSR count). The zero-order valence-electron chi connectivity index (χ0n) is 27.4. The number of para-hydroxylation sites is 1. The van der Waals surface area contributed by atoms with Gasteiger partial charge in [0.15, 0.2) is 5.69 Å². The monoisotopic (exact) mass is 650 g/mol. The molecule has 1 aliphatic heterocycles. The first-order valence-electron chi connectivity index (χ1n) is 16.3. The van der Waals surface area contributed by atoms with Gasteiger partial charge in [-0.05, 0) is 101 Å². The molecule has 2 fully saturated rings. The maximum absolute atomic E-state index is 14.2. The molecule has 1 aromatic heterocycles. The second-order valence-corrected chi connectivity index (χ2v) is 13.7. The quantitative estimate of drug-likeness (QED) is 0.189. The van der Waals surface area contributed by atoms with Gasteiger partial charge in [0.05, 0.1) is 41.3 Å². The number of rotatable bonds is 9. The lowest BCUT2D eigenvalue weighted by atomic mass is 10.1. The number of benzene rings is 3. The van der Waals surface area contributed by atoms with E-state index in [2.05, 4.69) is 26.7 Å². The Kier molecular flexibility index (Phi) is 8.93. The fraction of sp³-hybridized carbons (Fsp3) is 0.378. The molecule has 1 aliphatic carbocycles. The minimum Gasteiger partial charge on any atom is -0.460 e. The van der Waals surface area contributed by atoms with Crippen LogP contribution in [-0.2, 0) is 22.5 Å². The van der Waals surface area contributed by atoms with Gasteiger partial charge in [-0.2, -0.15) is 10.4 Å². The molecular formula is C37H39FN6O4. The molecular weight excluding hydrogens is 611 g/mol. The maximum atomic E-state index is 14.2. The molecule has 48 heavy (non-hydrogen) atoms. The van der Waals surface area contributed by atoms with Gasteiger partial charge in [0.2, 0.25) is 0 Å². The number of carbonyl (C=O) groups is 3. The van der Waals surface area contributed by atoms with Crippen LogP contribution in [0.4, 0.5) is 21.5 Å². The first-order valence-corrected chi connectivity index (χ1v) is 16.3. The number of carbonyl (C=O) groups excluding carboxylic acids is 3. The predicted octanol–water partition coefficient (Wildman–Crippen LogP) is 6.86. The summed E-state index contributed by atoms with van der Waals surface area (Å²) in [7, 11) is 0. The van der Waals surface area contributed by atoms with E-state index in [0.29, 0.717) is 17.6 Å². The Morgan fingerprint density at radius 3 is 2.40 bits per heavy atom. The van der Waals surface area contributed by atoms with Gasteiger partial charge >= 0.3 is 5.97 Å². The highest BCUT2D eigenvalue weighted by molar-refractivity contribution is 6.13. The van der Waals surface area contributed by atoms with Crippen molar-refractivity contribution in [3.63, 3.8) is 0 Å². The highest BCUT2D eigenvalue weighted by Gasteiger charge is 2.44. The number of hydrogen-bond acceptors (Lipinski definition) is 7. The van der Waals surface area contributed by atoms with E-state index in [9.17, 15) is 24.0 Å². The van der Waals surface area contributed by atoms with Gasteiger partial charge in [0.25, 0.3) is 11.8 Å². The normalized spacial score (nSPS) is 15.4. The van der Waals surface area contributed by atoms with Crippen molar-refractivity contribution in [3.8, 4) is 6.07 Å². The van der Waals surface area contributed by atoms with Crippen LogP contribution < -0.4 is 15.5 Å². The maximum Gasteiger partial charge on any atom is 0.310 e. The van der Waals surface area contributed by atoms with Crippen LogP contribution in [0.15, 0.2) is 60.7 Å². The molecule has 11 heteroatoms. The van der Waals surface area contributed by atoms with Gasteiger partial charge in [0, 0.05) is 29.7 Å². The van der Waals surface area contributed by atoms with Crippen LogP contribution >= 0.6 is 0 Å². The fourth-order valence-electron chi connectivity index (χ4n) is 6.09. The lowest BCUT2D eigenvalue weighted by Crippen LogP contribution is -2.30. The predicted molar refractivity (Wildman–Crippen MR) is 181 cm³/mol. The smallest absolute Gasteiger partial charge is 0.310 e. The summed E-state index contributed by atoms with van der Waals surface area (Å²) in [5, 5.41) is 20.9. The molecule has 1 saturated carbocycles. The van der Waals surface area contributed by atoms with E-state index in [-0.39, 0.29) is 28.9 Å². The third-order valence-corrected chi connectivity index (χ3v) is 8.69. The SMILES string of the molecule is CC(C)(C)OC(=O)Cc1cc(F)ccc1NC(=O)c1ccc(N2CCCCC2)c(NC(=O)c2nn(CC3(C#N)CC3)c3ccccc23)c1. The van der Waals surface area contributed by atoms with Crippen LogP contribution in [0, 0.1) is 22.6 Å². The number of amides is 2. The molecule has 1 saturated heterocycles. The summed E-state index contributed by atoms with van der Waals surface area (Å²) in [6.45, 7) is 7.27. The van der Waals surface area contributed by atoms with Crippen molar-refractivity contribution in [2.45, 2.75) is 71.4 Å². The van der Waals surface area contributed by atoms with Crippen LogP contribution in [-0.4, -0.2) is 46.3 Å². The topological polar surface area (TPSA) is 129 Å². The Hall–Kier alpha value is -5.24. The number of hydrogen-bond donors (Lipinski definition) is 2. The van der Waals surface area contributed by atoms with Gasteiger partial charge in [-0.3, -0.25) is 19.1 Å². The first-order chi connectivity index (χ1) is 22.9. The Morgan fingerprint density at radius 2 is 1.69 bits per heavy atom. The Labute approximate surface area is 278 Å². The molecule has 4 aromatic rings. The molecule has 248 valence electrons. The Bertz CT molecular complexity index is 1930. The number of nitrogens with one attached hydrogen (secondary N) is 2. The molecule has 2 N–H and O–H groups in total. The van der Waals surface area contributed by atoms with Gasteiger partial charge in [0.1, 0.15) is 11.4 Å². The van der Waals surface area contributed by atoms with E-state index >= 15 is 0 Å². The molecule has 0 spiro atoms. The number of piperidine rings is 1. The number of nitriles is 1. The minimum atomic E-state index is -0.717. The zero-order chi connectivity index (χ0) is 34.1. The molecule has 2 amide bonds. The van der Waals surface area contributed by atoms with Crippen LogP contribution in [0.25, 0.3) is 10.9 Å².